The number of hydrogen-bond acceptors (Lipinski definition) is 3. The summed E-state index contributed by atoms with van der Waals surface area (Å²) in [6, 6.07) is 22.1. The van der Waals surface area contributed by atoms with Crippen molar-refractivity contribution >= 4 is 22.4 Å². The van der Waals surface area contributed by atoms with Crippen LogP contribution in [0.5, 0.6) is 5.75 Å². The average Bonchev–Trinajstić information content (AvgIpc) is 2.67. The van der Waals surface area contributed by atoms with E-state index < -0.39 is 0 Å². The molecule has 3 rings (SSSR count). The predicted octanol–water partition coefficient (Wildman–Crippen LogP) is 4.53. The zero-order chi connectivity index (χ0) is 18.4. The normalized spacial score (nSPS) is 11.9. The Bertz CT molecular complexity index is 887. The maximum absolute atomic E-state index is 12.3. The zero-order valence-corrected chi connectivity index (χ0v) is 15.2. The standard InChI is InChI=1S/C22H24N2O2/c1-3-26-21-14-7-6-13-20(21)24-22(25)15-23-16(2)18-12-8-10-17-9-4-5-11-19(17)18/h4-14,16,23H,3,15H2,1-2H3,(H,24,25)/t16-/m1/s1. The SMILES string of the molecule is CCOc1ccccc1NC(=O)CN[C@H](C)c1cccc2ccccc12. The molecule has 0 radical (unpaired) electrons. The highest BCUT2D eigenvalue weighted by Gasteiger charge is 2.12. The lowest BCUT2D eigenvalue weighted by Gasteiger charge is -2.17. The van der Waals surface area contributed by atoms with Crippen LogP contribution in [0.3, 0.4) is 0 Å². The van der Waals surface area contributed by atoms with Gasteiger partial charge in [-0.1, -0.05) is 54.6 Å². The van der Waals surface area contributed by atoms with E-state index in [1.165, 1.54) is 16.3 Å². The van der Waals surface area contributed by atoms with Crippen LogP contribution in [0.25, 0.3) is 10.8 Å². The molecule has 0 saturated carbocycles. The van der Waals surface area contributed by atoms with Crippen LogP contribution in [-0.2, 0) is 4.79 Å². The Labute approximate surface area is 154 Å². The summed E-state index contributed by atoms with van der Waals surface area (Å²) < 4.78 is 5.55. The Kier molecular flexibility index (Phi) is 5.87. The van der Waals surface area contributed by atoms with Crippen LogP contribution in [0.15, 0.2) is 66.7 Å². The molecule has 1 atom stereocenters. The predicted molar refractivity (Wildman–Crippen MR) is 107 cm³/mol. The van der Waals surface area contributed by atoms with Gasteiger partial charge in [-0.2, -0.15) is 0 Å². The number of anilines is 1. The summed E-state index contributed by atoms with van der Waals surface area (Å²) in [5.74, 6) is 0.592. The van der Waals surface area contributed by atoms with Crippen LogP contribution in [-0.4, -0.2) is 19.1 Å². The van der Waals surface area contributed by atoms with Gasteiger partial charge >= 0.3 is 0 Å². The van der Waals surface area contributed by atoms with E-state index in [1.807, 2.05) is 49.4 Å². The van der Waals surface area contributed by atoms with Gasteiger partial charge in [-0.15, -0.1) is 0 Å². The molecule has 0 unspecified atom stereocenters. The number of carbonyl (C=O) groups excluding carboxylic acids is 1. The third-order valence-corrected chi connectivity index (χ3v) is 4.32. The molecular weight excluding hydrogens is 324 g/mol. The molecule has 0 spiro atoms. The second kappa shape index (κ2) is 8.50. The van der Waals surface area contributed by atoms with Gasteiger partial charge in [-0.05, 0) is 42.3 Å². The van der Waals surface area contributed by atoms with E-state index in [0.29, 0.717) is 18.0 Å². The molecule has 0 bridgehead atoms. The van der Waals surface area contributed by atoms with Crippen LogP contribution in [0, 0.1) is 0 Å². The lowest BCUT2D eigenvalue weighted by molar-refractivity contribution is -0.115. The van der Waals surface area contributed by atoms with Gasteiger partial charge in [0.05, 0.1) is 18.8 Å². The number of hydrogen-bond donors (Lipinski definition) is 2. The topological polar surface area (TPSA) is 50.4 Å². The fourth-order valence-corrected chi connectivity index (χ4v) is 3.03. The third kappa shape index (κ3) is 4.21. The number of rotatable bonds is 7. The van der Waals surface area contributed by atoms with Crippen LogP contribution >= 0.6 is 0 Å². The fourth-order valence-electron chi connectivity index (χ4n) is 3.03. The van der Waals surface area contributed by atoms with Gasteiger partial charge in [-0.3, -0.25) is 4.79 Å². The molecule has 1 amide bonds. The molecule has 0 saturated heterocycles. The molecule has 0 aromatic heterocycles. The van der Waals surface area contributed by atoms with E-state index >= 15 is 0 Å². The molecule has 134 valence electrons. The van der Waals surface area contributed by atoms with Crippen molar-refractivity contribution in [3.63, 3.8) is 0 Å². The smallest absolute Gasteiger partial charge is 0.238 e. The number of fused-ring (bicyclic) bond motifs is 1. The second-order valence-electron chi connectivity index (χ2n) is 6.15. The van der Waals surface area contributed by atoms with E-state index in [9.17, 15) is 4.79 Å². The van der Waals surface area contributed by atoms with Crippen molar-refractivity contribution < 1.29 is 9.53 Å². The molecule has 0 fully saturated rings. The molecule has 4 nitrogen and oxygen atoms in total. The van der Waals surface area contributed by atoms with Crippen LogP contribution in [0.4, 0.5) is 5.69 Å². The minimum atomic E-state index is -0.0933. The number of amides is 1. The summed E-state index contributed by atoms with van der Waals surface area (Å²) in [6.45, 7) is 4.78. The molecule has 26 heavy (non-hydrogen) atoms. The summed E-state index contributed by atoms with van der Waals surface area (Å²) in [6.07, 6.45) is 0. The third-order valence-electron chi connectivity index (χ3n) is 4.32. The molecular formula is C22H24N2O2. The zero-order valence-electron chi connectivity index (χ0n) is 15.2. The van der Waals surface area contributed by atoms with Crippen LogP contribution in [0.2, 0.25) is 0 Å². The Hall–Kier alpha value is -2.85. The van der Waals surface area contributed by atoms with Gasteiger partial charge in [0, 0.05) is 6.04 Å². The highest BCUT2D eigenvalue weighted by molar-refractivity contribution is 5.93. The minimum Gasteiger partial charge on any atom is -0.492 e. The number of benzene rings is 3. The fraction of sp³-hybridized carbons (Fsp3) is 0.227. The maximum atomic E-state index is 12.3. The highest BCUT2D eigenvalue weighted by atomic mass is 16.5. The molecule has 0 heterocycles. The molecule has 4 heteroatoms. The van der Waals surface area contributed by atoms with Crippen LogP contribution < -0.4 is 15.4 Å². The quantitative estimate of drug-likeness (QED) is 0.660. The van der Waals surface area contributed by atoms with E-state index in [4.69, 9.17) is 4.74 Å². The summed E-state index contributed by atoms with van der Waals surface area (Å²) in [7, 11) is 0. The van der Waals surface area contributed by atoms with Crippen molar-refractivity contribution in [1.29, 1.82) is 0 Å². The Morgan fingerprint density at radius 1 is 1.00 bits per heavy atom. The van der Waals surface area contributed by atoms with Gasteiger partial charge in [0.15, 0.2) is 0 Å². The first-order chi connectivity index (χ1) is 12.7. The van der Waals surface area contributed by atoms with Crippen molar-refractivity contribution in [2.75, 3.05) is 18.5 Å². The summed E-state index contributed by atoms with van der Waals surface area (Å²) >= 11 is 0. The monoisotopic (exact) mass is 348 g/mol. The Morgan fingerprint density at radius 2 is 1.73 bits per heavy atom. The van der Waals surface area contributed by atoms with Crippen molar-refractivity contribution in [2.45, 2.75) is 19.9 Å². The van der Waals surface area contributed by atoms with E-state index in [-0.39, 0.29) is 18.5 Å². The number of carbonyl (C=O) groups is 1. The highest BCUT2D eigenvalue weighted by Crippen LogP contribution is 2.25. The van der Waals surface area contributed by atoms with Crippen molar-refractivity contribution in [3.05, 3.63) is 72.3 Å². The average molecular weight is 348 g/mol. The first-order valence-electron chi connectivity index (χ1n) is 8.91. The van der Waals surface area contributed by atoms with E-state index in [1.54, 1.807) is 0 Å². The summed E-state index contributed by atoms with van der Waals surface area (Å²) in [5.41, 5.74) is 1.88. The molecule has 3 aromatic rings. The number of nitrogens with one attached hydrogen (secondary N) is 2. The maximum Gasteiger partial charge on any atom is 0.238 e. The lowest BCUT2D eigenvalue weighted by atomic mass is 10.00. The van der Waals surface area contributed by atoms with Crippen molar-refractivity contribution in [3.8, 4) is 5.75 Å². The number of para-hydroxylation sites is 2. The van der Waals surface area contributed by atoms with Crippen LogP contribution in [0.1, 0.15) is 25.5 Å². The first kappa shape index (κ1) is 18.0. The molecule has 2 N–H and O–H groups in total. The van der Waals surface area contributed by atoms with Gasteiger partial charge in [0.2, 0.25) is 5.91 Å². The van der Waals surface area contributed by atoms with Gasteiger partial charge in [-0.25, -0.2) is 0 Å². The Morgan fingerprint density at radius 3 is 2.58 bits per heavy atom. The largest absolute Gasteiger partial charge is 0.492 e. The molecule has 0 aliphatic rings. The van der Waals surface area contributed by atoms with Gasteiger partial charge < -0.3 is 15.4 Å². The van der Waals surface area contributed by atoms with Gasteiger partial charge in [0.1, 0.15) is 5.75 Å². The Balaban J connectivity index is 1.64. The van der Waals surface area contributed by atoms with E-state index in [2.05, 4.69) is 41.8 Å². The summed E-state index contributed by atoms with van der Waals surface area (Å²) in [4.78, 5) is 12.3. The summed E-state index contributed by atoms with van der Waals surface area (Å²) in [5, 5.41) is 8.63. The molecule has 0 aliphatic carbocycles. The second-order valence-corrected chi connectivity index (χ2v) is 6.15. The molecule has 3 aromatic carbocycles. The van der Waals surface area contributed by atoms with Crippen molar-refractivity contribution in [1.82, 2.24) is 5.32 Å². The van der Waals surface area contributed by atoms with E-state index in [0.717, 1.165) is 0 Å². The molecule has 0 aliphatic heterocycles. The first-order valence-corrected chi connectivity index (χ1v) is 8.91. The number of ether oxygens (including phenoxy) is 1. The lowest BCUT2D eigenvalue weighted by Crippen LogP contribution is -2.30. The van der Waals surface area contributed by atoms with Crippen molar-refractivity contribution in [2.24, 2.45) is 0 Å². The minimum absolute atomic E-state index is 0.0639. The van der Waals surface area contributed by atoms with Gasteiger partial charge in [0.25, 0.3) is 0 Å².